The minimum Gasteiger partial charge on any atom is -0.323 e. The highest BCUT2D eigenvalue weighted by molar-refractivity contribution is 5.86. The summed E-state index contributed by atoms with van der Waals surface area (Å²) in [4.78, 5) is 14.7. The van der Waals surface area contributed by atoms with Gasteiger partial charge in [-0.1, -0.05) is 51.1 Å². The summed E-state index contributed by atoms with van der Waals surface area (Å²) in [5.41, 5.74) is 1.06. The van der Waals surface area contributed by atoms with Crippen LogP contribution in [-0.4, -0.2) is 23.0 Å². The predicted octanol–water partition coefficient (Wildman–Crippen LogP) is 2.94. The first-order valence-corrected chi connectivity index (χ1v) is 7.19. The first-order chi connectivity index (χ1) is 9.06. The molecule has 104 valence electrons. The molecule has 0 aliphatic carbocycles. The van der Waals surface area contributed by atoms with Crippen LogP contribution in [0, 0.1) is 5.92 Å². The quantitative estimate of drug-likeness (QED) is 0.902. The number of amides is 1. The maximum atomic E-state index is 12.7. The Bertz CT molecular complexity index is 430. The Morgan fingerprint density at radius 2 is 1.89 bits per heavy atom. The molecule has 1 aromatic rings. The lowest BCUT2D eigenvalue weighted by Crippen LogP contribution is -2.45. The number of nitrogens with one attached hydrogen (secondary N) is 1. The topological polar surface area (TPSA) is 32.3 Å². The fourth-order valence-electron chi connectivity index (χ4n) is 3.06. The number of carbonyl (C=O) groups excluding carboxylic acids is 1. The van der Waals surface area contributed by atoms with Crippen LogP contribution >= 0.6 is 0 Å². The van der Waals surface area contributed by atoms with Crippen molar-refractivity contribution in [2.75, 3.05) is 0 Å². The number of hydrogen-bond donors (Lipinski definition) is 1. The van der Waals surface area contributed by atoms with Gasteiger partial charge >= 0.3 is 0 Å². The second-order valence-electron chi connectivity index (χ2n) is 5.65. The van der Waals surface area contributed by atoms with Crippen LogP contribution < -0.4 is 5.32 Å². The zero-order valence-corrected chi connectivity index (χ0v) is 12.3. The number of carbonyl (C=O) groups is 1. The fraction of sp³-hybridized carbons (Fsp3) is 0.562. The van der Waals surface area contributed by atoms with Crippen LogP contribution in [0.25, 0.3) is 0 Å². The van der Waals surface area contributed by atoms with Crippen molar-refractivity contribution in [1.29, 1.82) is 0 Å². The third kappa shape index (κ3) is 2.66. The molecule has 1 aliphatic heterocycles. The first-order valence-electron chi connectivity index (χ1n) is 7.19. The summed E-state index contributed by atoms with van der Waals surface area (Å²) in [6.45, 7) is 8.60. The maximum absolute atomic E-state index is 12.7. The first kappa shape index (κ1) is 14.1. The van der Waals surface area contributed by atoms with E-state index in [1.807, 2.05) is 35.2 Å². The van der Waals surface area contributed by atoms with Gasteiger partial charge in [-0.25, -0.2) is 0 Å². The van der Waals surface area contributed by atoms with E-state index in [-0.39, 0.29) is 18.1 Å². The largest absolute Gasteiger partial charge is 0.323 e. The van der Waals surface area contributed by atoms with E-state index in [0.717, 1.165) is 12.0 Å². The molecule has 1 saturated heterocycles. The minimum absolute atomic E-state index is 0.102. The van der Waals surface area contributed by atoms with Crippen LogP contribution in [0.1, 0.15) is 45.7 Å². The van der Waals surface area contributed by atoms with Gasteiger partial charge in [-0.3, -0.25) is 10.1 Å². The van der Waals surface area contributed by atoms with Crippen molar-refractivity contribution >= 4 is 5.91 Å². The third-order valence-corrected chi connectivity index (χ3v) is 4.00. The van der Waals surface area contributed by atoms with E-state index < -0.39 is 0 Å². The summed E-state index contributed by atoms with van der Waals surface area (Å²) in [6, 6.07) is 10.1. The summed E-state index contributed by atoms with van der Waals surface area (Å²) in [6.07, 6.45) is 1.10. The molecule has 0 spiro atoms. The van der Waals surface area contributed by atoms with Crippen molar-refractivity contribution in [1.82, 2.24) is 10.2 Å². The second-order valence-corrected chi connectivity index (χ2v) is 5.65. The SMILES string of the molecule is CCC(C(C)C)N1C(=O)C(c2ccccc2)NC1C. The highest BCUT2D eigenvalue weighted by Crippen LogP contribution is 2.28. The molecule has 1 aliphatic rings. The Morgan fingerprint density at radius 1 is 1.26 bits per heavy atom. The van der Waals surface area contributed by atoms with Crippen LogP contribution in [0.5, 0.6) is 0 Å². The molecule has 1 amide bonds. The van der Waals surface area contributed by atoms with Gasteiger partial charge in [-0.2, -0.15) is 0 Å². The van der Waals surface area contributed by atoms with Crippen molar-refractivity contribution < 1.29 is 4.79 Å². The van der Waals surface area contributed by atoms with Crippen molar-refractivity contribution in [2.45, 2.75) is 52.4 Å². The lowest BCUT2D eigenvalue weighted by molar-refractivity contribution is -0.133. The Balaban J connectivity index is 2.23. The molecule has 1 heterocycles. The molecular formula is C16H24N2O. The van der Waals surface area contributed by atoms with E-state index in [0.29, 0.717) is 12.0 Å². The lowest BCUT2D eigenvalue weighted by Gasteiger charge is -2.33. The van der Waals surface area contributed by atoms with Gasteiger partial charge in [0, 0.05) is 6.04 Å². The number of nitrogens with zero attached hydrogens (tertiary/aromatic N) is 1. The molecule has 0 aromatic heterocycles. The second kappa shape index (κ2) is 5.74. The predicted molar refractivity (Wildman–Crippen MR) is 77.5 cm³/mol. The van der Waals surface area contributed by atoms with E-state index in [4.69, 9.17) is 0 Å². The Labute approximate surface area is 116 Å². The van der Waals surface area contributed by atoms with Crippen LogP contribution in [0.3, 0.4) is 0 Å². The zero-order valence-electron chi connectivity index (χ0n) is 12.3. The van der Waals surface area contributed by atoms with Crippen LogP contribution in [0.4, 0.5) is 0 Å². The monoisotopic (exact) mass is 260 g/mol. The number of benzene rings is 1. The number of rotatable bonds is 4. The van der Waals surface area contributed by atoms with Gasteiger partial charge in [0.1, 0.15) is 6.04 Å². The molecule has 1 aromatic carbocycles. The Hall–Kier alpha value is -1.35. The van der Waals surface area contributed by atoms with Gasteiger partial charge < -0.3 is 4.90 Å². The Morgan fingerprint density at radius 3 is 2.42 bits per heavy atom. The number of hydrogen-bond acceptors (Lipinski definition) is 2. The molecule has 3 heteroatoms. The van der Waals surface area contributed by atoms with Crippen LogP contribution in [0.2, 0.25) is 0 Å². The zero-order chi connectivity index (χ0) is 14.0. The van der Waals surface area contributed by atoms with Crippen molar-refractivity contribution in [3.8, 4) is 0 Å². The molecule has 1 fully saturated rings. The maximum Gasteiger partial charge on any atom is 0.245 e. The molecule has 19 heavy (non-hydrogen) atoms. The average molecular weight is 260 g/mol. The summed E-state index contributed by atoms with van der Waals surface area (Å²) in [5, 5.41) is 3.42. The van der Waals surface area contributed by atoms with Gasteiger partial charge in [0.25, 0.3) is 0 Å². The van der Waals surface area contributed by atoms with Gasteiger partial charge in [0.15, 0.2) is 0 Å². The highest BCUT2D eigenvalue weighted by atomic mass is 16.2. The van der Waals surface area contributed by atoms with Crippen molar-refractivity contribution in [3.63, 3.8) is 0 Å². The van der Waals surface area contributed by atoms with Gasteiger partial charge in [0.05, 0.1) is 6.17 Å². The minimum atomic E-state index is -0.191. The van der Waals surface area contributed by atoms with E-state index >= 15 is 0 Å². The molecule has 3 atom stereocenters. The smallest absolute Gasteiger partial charge is 0.245 e. The average Bonchev–Trinajstić information content (AvgIpc) is 2.68. The third-order valence-electron chi connectivity index (χ3n) is 4.00. The summed E-state index contributed by atoms with van der Waals surface area (Å²) in [5.74, 6) is 0.687. The van der Waals surface area contributed by atoms with Crippen molar-refractivity contribution in [3.05, 3.63) is 35.9 Å². The molecule has 3 nitrogen and oxygen atoms in total. The van der Waals surface area contributed by atoms with Crippen LogP contribution in [-0.2, 0) is 4.79 Å². The molecule has 0 bridgehead atoms. The lowest BCUT2D eigenvalue weighted by atomic mass is 9.99. The van der Waals surface area contributed by atoms with E-state index in [9.17, 15) is 4.79 Å². The standard InChI is InChI=1S/C16H24N2O/c1-5-14(11(2)3)18-12(4)17-15(16(18)19)13-9-7-6-8-10-13/h6-12,14-15,17H,5H2,1-4H3. The van der Waals surface area contributed by atoms with Crippen LogP contribution in [0.15, 0.2) is 30.3 Å². The summed E-state index contributed by atoms with van der Waals surface area (Å²) < 4.78 is 0. The van der Waals surface area contributed by atoms with Gasteiger partial charge in [0.2, 0.25) is 5.91 Å². The molecule has 1 N–H and O–H groups in total. The van der Waals surface area contributed by atoms with Gasteiger partial charge in [-0.05, 0) is 24.8 Å². The van der Waals surface area contributed by atoms with Gasteiger partial charge in [-0.15, -0.1) is 0 Å². The molecule has 3 unspecified atom stereocenters. The molecule has 2 rings (SSSR count). The fourth-order valence-corrected chi connectivity index (χ4v) is 3.06. The van der Waals surface area contributed by atoms with E-state index in [1.165, 1.54) is 0 Å². The van der Waals surface area contributed by atoms with E-state index in [1.54, 1.807) is 0 Å². The Kier molecular flexibility index (Phi) is 4.25. The molecule has 0 radical (unpaired) electrons. The molecule has 0 saturated carbocycles. The summed E-state index contributed by atoms with van der Waals surface area (Å²) >= 11 is 0. The molecular weight excluding hydrogens is 236 g/mol. The van der Waals surface area contributed by atoms with E-state index in [2.05, 4.69) is 33.0 Å². The highest BCUT2D eigenvalue weighted by Gasteiger charge is 2.41. The van der Waals surface area contributed by atoms with Crippen molar-refractivity contribution in [2.24, 2.45) is 5.92 Å². The normalized spacial score (nSPS) is 25.1. The summed E-state index contributed by atoms with van der Waals surface area (Å²) in [7, 11) is 0.